The molecule has 2 rings (SSSR count). The molecule has 0 spiro atoms. The van der Waals surface area contributed by atoms with E-state index in [1.54, 1.807) is 19.2 Å². The van der Waals surface area contributed by atoms with Gasteiger partial charge in [0.15, 0.2) is 5.96 Å². The molecule has 0 aliphatic rings. The molecule has 130 valence electrons. The Labute approximate surface area is 144 Å². The highest BCUT2D eigenvalue weighted by molar-refractivity contribution is 5.79. The third-order valence-electron chi connectivity index (χ3n) is 3.51. The van der Waals surface area contributed by atoms with Gasteiger partial charge >= 0.3 is 6.18 Å². The monoisotopic (exact) mass is 346 g/mol. The third-order valence-corrected chi connectivity index (χ3v) is 3.51. The number of aliphatic imine (C=N–C) groups is 1. The number of benzene rings is 2. The summed E-state index contributed by atoms with van der Waals surface area (Å²) in [5.41, 5.74) is 1.62. The predicted molar refractivity (Wildman–Crippen MR) is 89.6 cm³/mol. The quantitative estimate of drug-likeness (QED) is 0.659. The highest BCUT2D eigenvalue weighted by atomic mass is 19.4. The number of halogens is 3. The number of nitrogens with one attached hydrogen (secondary N) is 2. The van der Waals surface area contributed by atoms with Crippen molar-refractivity contribution in [1.29, 1.82) is 5.26 Å². The number of rotatable bonds is 4. The Morgan fingerprint density at radius 3 is 1.84 bits per heavy atom. The second kappa shape index (κ2) is 8.20. The van der Waals surface area contributed by atoms with Crippen LogP contribution >= 0.6 is 0 Å². The highest BCUT2D eigenvalue weighted by Gasteiger charge is 2.29. The summed E-state index contributed by atoms with van der Waals surface area (Å²) in [6, 6.07) is 14.2. The minimum atomic E-state index is -4.33. The fraction of sp³-hybridized carbons (Fsp3) is 0.222. The number of hydrogen-bond acceptors (Lipinski definition) is 2. The van der Waals surface area contributed by atoms with Gasteiger partial charge in [0.05, 0.1) is 17.2 Å². The maximum atomic E-state index is 12.5. The van der Waals surface area contributed by atoms with Crippen LogP contribution in [-0.2, 0) is 19.3 Å². The lowest BCUT2D eigenvalue weighted by Crippen LogP contribution is -2.36. The number of nitriles is 1. The summed E-state index contributed by atoms with van der Waals surface area (Å²) in [5, 5.41) is 14.9. The molecule has 2 aromatic carbocycles. The first-order valence-corrected chi connectivity index (χ1v) is 7.52. The molecule has 0 heterocycles. The normalized spacial score (nSPS) is 11.7. The van der Waals surface area contributed by atoms with Gasteiger partial charge in [0, 0.05) is 20.1 Å². The zero-order valence-corrected chi connectivity index (χ0v) is 13.6. The van der Waals surface area contributed by atoms with Gasteiger partial charge in [-0.3, -0.25) is 4.99 Å². The van der Waals surface area contributed by atoms with E-state index < -0.39 is 11.7 Å². The number of hydrogen-bond donors (Lipinski definition) is 2. The molecule has 0 aliphatic carbocycles. The molecule has 0 bridgehead atoms. The Balaban J connectivity index is 1.86. The van der Waals surface area contributed by atoms with E-state index in [1.807, 2.05) is 12.1 Å². The van der Waals surface area contributed by atoms with Crippen molar-refractivity contribution < 1.29 is 13.2 Å². The van der Waals surface area contributed by atoms with Crippen LogP contribution in [0.15, 0.2) is 53.5 Å². The molecular formula is C18H17F3N4. The molecule has 0 atom stereocenters. The second-order valence-electron chi connectivity index (χ2n) is 5.28. The molecule has 0 saturated heterocycles. The van der Waals surface area contributed by atoms with Crippen LogP contribution in [0.1, 0.15) is 22.3 Å². The Kier molecular flexibility index (Phi) is 6.01. The van der Waals surface area contributed by atoms with Crippen molar-refractivity contribution in [2.24, 2.45) is 4.99 Å². The molecule has 0 fully saturated rings. The van der Waals surface area contributed by atoms with E-state index in [9.17, 15) is 13.2 Å². The fourth-order valence-electron chi connectivity index (χ4n) is 2.10. The second-order valence-corrected chi connectivity index (χ2v) is 5.28. The number of guanidine groups is 1. The molecule has 2 aromatic rings. The van der Waals surface area contributed by atoms with Crippen LogP contribution < -0.4 is 10.6 Å². The first-order valence-electron chi connectivity index (χ1n) is 7.52. The summed E-state index contributed by atoms with van der Waals surface area (Å²) >= 11 is 0. The lowest BCUT2D eigenvalue weighted by molar-refractivity contribution is -0.137. The van der Waals surface area contributed by atoms with E-state index in [0.717, 1.165) is 17.7 Å². The van der Waals surface area contributed by atoms with E-state index in [-0.39, 0.29) is 0 Å². The van der Waals surface area contributed by atoms with Crippen LogP contribution in [-0.4, -0.2) is 13.0 Å². The van der Waals surface area contributed by atoms with Gasteiger partial charge in [-0.15, -0.1) is 0 Å². The lowest BCUT2D eigenvalue weighted by atomic mass is 10.1. The first kappa shape index (κ1) is 18.3. The molecule has 25 heavy (non-hydrogen) atoms. The zero-order chi connectivity index (χ0) is 18.3. The van der Waals surface area contributed by atoms with E-state index in [4.69, 9.17) is 5.26 Å². The molecule has 0 amide bonds. The highest BCUT2D eigenvalue weighted by Crippen LogP contribution is 2.28. The summed E-state index contributed by atoms with van der Waals surface area (Å²) in [5.74, 6) is 0.532. The van der Waals surface area contributed by atoms with Crippen molar-refractivity contribution in [3.63, 3.8) is 0 Å². The van der Waals surface area contributed by atoms with Gasteiger partial charge in [0.2, 0.25) is 0 Å². The van der Waals surface area contributed by atoms with Crippen molar-refractivity contribution in [3.8, 4) is 6.07 Å². The van der Waals surface area contributed by atoms with Gasteiger partial charge in [-0.05, 0) is 35.4 Å². The number of nitrogens with zero attached hydrogens (tertiary/aromatic N) is 2. The van der Waals surface area contributed by atoms with E-state index in [2.05, 4.69) is 21.7 Å². The smallest absolute Gasteiger partial charge is 0.352 e. The summed E-state index contributed by atoms with van der Waals surface area (Å²) in [6.45, 7) is 0.865. The van der Waals surface area contributed by atoms with Gasteiger partial charge in [-0.2, -0.15) is 18.4 Å². The summed E-state index contributed by atoms with van der Waals surface area (Å²) in [4.78, 5) is 4.07. The topological polar surface area (TPSA) is 60.2 Å². The Bertz CT molecular complexity index is 757. The lowest BCUT2D eigenvalue weighted by Gasteiger charge is -2.13. The van der Waals surface area contributed by atoms with Crippen LogP contribution in [0.4, 0.5) is 13.2 Å². The Hall–Kier alpha value is -3.01. The van der Waals surface area contributed by atoms with Gasteiger partial charge in [-0.1, -0.05) is 24.3 Å². The average Bonchev–Trinajstić information content (AvgIpc) is 2.62. The largest absolute Gasteiger partial charge is 0.416 e. The molecular weight excluding hydrogens is 329 g/mol. The van der Waals surface area contributed by atoms with Crippen LogP contribution in [0.5, 0.6) is 0 Å². The Morgan fingerprint density at radius 2 is 1.44 bits per heavy atom. The van der Waals surface area contributed by atoms with Crippen LogP contribution in [0.25, 0.3) is 0 Å². The molecule has 2 N–H and O–H groups in total. The first-order chi connectivity index (χ1) is 11.9. The molecule has 0 unspecified atom stereocenters. The van der Waals surface area contributed by atoms with Crippen LogP contribution in [0.3, 0.4) is 0 Å². The summed E-state index contributed by atoms with van der Waals surface area (Å²) < 4.78 is 37.6. The van der Waals surface area contributed by atoms with Crippen molar-refractivity contribution in [1.82, 2.24) is 10.6 Å². The summed E-state index contributed by atoms with van der Waals surface area (Å²) in [6.07, 6.45) is -4.33. The molecule has 4 nitrogen and oxygen atoms in total. The SMILES string of the molecule is CN=C(NCc1ccc(C#N)cc1)NCc1ccc(C(F)(F)F)cc1. The van der Waals surface area contributed by atoms with Gasteiger partial charge < -0.3 is 10.6 Å². The third kappa shape index (κ3) is 5.53. The average molecular weight is 346 g/mol. The predicted octanol–water partition coefficient (Wildman–Crippen LogP) is 3.44. The van der Waals surface area contributed by atoms with Crippen LogP contribution in [0.2, 0.25) is 0 Å². The molecule has 7 heteroatoms. The minimum Gasteiger partial charge on any atom is -0.352 e. The van der Waals surface area contributed by atoms with Crippen LogP contribution in [0, 0.1) is 11.3 Å². The maximum Gasteiger partial charge on any atom is 0.416 e. The van der Waals surface area contributed by atoms with Gasteiger partial charge in [0.25, 0.3) is 0 Å². The Morgan fingerprint density at radius 1 is 0.960 bits per heavy atom. The molecule has 0 saturated carbocycles. The van der Waals surface area contributed by atoms with Crippen molar-refractivity contribution >= 4 is 5.96 Å². The molecule has 0 aliphatic heterocycles. The van der Waals surface area contributed by atoms with Gasteiger partial charge in [0.1, 0.15) is 0 Å². The standard InChI is InChI=1S/C18H17F3N4/c1-23-17(24-11-14-4-2-13(10-22)3-5-14)25-12-15-6-8-16(9-7-15)18(19,20)21/h2-9H,11-12H2,1H3,(H2,23,24,25). The van der Waals surface area contributed by atoms with Crippen molar-refractivity contribution in [2.75, 3.05) is 7.05 Å². The van der Waals surface area contributed by atoms with E-state index in [1.165, 1.54) is 12.1 Å². The molecule has 0 radical (unpaired) electrons. The maximum absolute atomic E-state index is 12.5. The minimum absolute atomic E-state index is 0.352. The number of alkyl halides is 3. The van der Waals surface area contributed by atoms with Crippen molar-refractivity contribution in [2.45, 2.75) is 19.3 Å². The van der Waals surface area contributed by atoms with Crippen molar-refractivity contribution in [3.05, 3.63) is 70.8 Å². The summed E-state index contributed by atoms with van der Waals surface area (Å²) in [7, 11) is 1.61. The van der Waals surface area contributed by atoms with E-state index >= 15 is 0 Å². The zero-order valence-electron chi connectivity index (χ0n) is 13.6. The fourth-order valence-corrected chi connectivity index (χ4v) is 2.10. The molecule has 0 aromatic heterocycles. The van der Waals surface area contributed by atoms with E-state index in [0.29, 0.717) is 30.2 Å². The van der Waals surface area contributed by atoms with Gasteiger partial charge in [-0.25, -0.2) is 0 Å².